The van der Waals surface area contributed by atoms with Crippen molar-refractivity contribution in [3.63, 3.8) is 0 Å². The van der Waals surface area contributed by atoms with Crippen LogP contribution in [0.5, 0.6) is 0 Å². The third-order valence-electron chi connectivity index (χ3n) is 2.23. The highest BCUT2D eigenvalue weighted by Gasteiger charge is 2.34. The first-order chi connectivity index (χ1) is 7.34. The molecule has 0 saturated carbocycles. The standard InChI is InChI=1S/C11H12F4O/c1-7(6-16)4-8-2-3-10(12)9(5-8)11(13,14)15/h2-3,5,7,16H,4,6H2,1H3. The molecular formula is C11H12F4O. The van der Waals surface area contributed by atoms with Crippen LogP contribution in [0, 0.1) is 11.7 Å². The SMILES string of the molecule is CC(CO)Cc1ccc(F)c(C(F)(F)F)c1. The van der Waals surface area contributed by atoms with Crippen LogP contribution in [0.4, 0.5) is 17.6 Å². The Morgan fingerprint density at radius 3 is 2.44 bits per heavy atom. The molecule has 1 rings (SSSR count). The van der Waals surface area contributed by atoms with Crippen LogP contribution in [0.15, 0.2) is 18.2 Å². The molecule has 1 atom stereocenters. The Bertz CT molecular complexity index is 359. The summed E-state index contributed by atoms with van der Waals surface area (Å²) in [5.41, 5.74) is -0.884. The van der Waals surface area contributed by atoms with Gasteiger partial charge in [0.25, 0.3) is 0 Å². The molecule has 0 aliphatic carbocycles. The Morgan fingerprint density at radius 2 is 1.94 bits per heavy atom. The van der Waals surface area contributed by atoms with E-state index in [1.807, 2.05) is 0 Å². The van der Waals surface area contributed by atoms with Crippen molar-refractivity contribution in [1.82, 2.24) is 0 Å². The quantitative estimate of drug-likeness (QED) is 0.800. The molecule has 0 radical (unpaired) electrons. The average molecular weight is 236 g/mol. The maximum Gasteiger partial charge on any atom is 0.419 e. The van der Waals surface area contributed by atoms with Crippen molar-refractivity contribution in [1.29, 1.82) is 0 Å². The summed E-state index contributed by atoms with van der Waals surface area (Å²) in [6.07, 6.45) is -4.39. The van der Waals surface area contributed by atoms with E-state index in [1.165, 1.54) is 6.07 Å². The van der Waals surface area contributed by atoms with E-state index in [2.05, 4.69) is 0 Å². The second kappa shape index (κ2) is 4.82. The molecule has 90 valence electrons. The van der Waals surface area contributed by atoms with Gasteiger partial charge in [0.15, 0.2) is 0 Å². The van der Waals surface area contributed by atoms with Gasteiger partial charge in [-0.25, -0.2) is 4.39 Å². The lowest BCUT2D eigenvalue weighted by atomic mass is 10.00. The van der Waals surface area contributed by atoms with E-state index in [-0.39, 0.29) is 12.5 Å². The Hall–Kier alpha value is -1.10. The summed E-state index contributed by atoms with van der Waals surface area (Å²) in [4.78, 5) is 0. The smallest absolute Gasteiger partial charge is 0.396 e. The maximum atomic E-state index is 12.9. The monoisotopic (exact) mass is 236 g/mol. The topological polar surface area (TPSA) is 20.2 Å². The third kappa shape index (κ3) is 3.20. The zero-order valence-corrected chi connectivity index (χ0v) is 8.68. The van der Waals surface area contributed by atoms with E-state index in [9.17, 15) is 17.6 Å². The first-order valence-corrected chi connectivity index (χ1v) is 4.81. The molecule has 0 amide bonds. The van der Waals surface area contributed by atoms with Gasteiger partial charge in [-0.2, -0.15) is 13.2 Å². The molecule has 1 aromatic carbocycles. The molecule has 16 heavy (non-hydrogen) atoms. The predicted octanol–water partition coefficient (Wildman–Crippen LogP) is 3.02. The van der Waals surface area contributed by atoms with Crippen LogP contribution in [0.3, 0.4) is 0 Å². The van der Waals surface area contributed by atoms with Crippen molar-refractivity contribution >= 4 is 0 Å². The van der Waals surface area contributed by atoms with Crippen molar-refractivity contribution in [3.8, 4) is 0 Å². The molecule has 0 saturated heterocycles. The lowest BCUT2D eigenvalue weighted by Crippen LogP contribution is -2.10. The number of halogens is 4. The number of hydrogen-bond acceptors (Lipinski definition) is 1. The zero-order valence-electron chi connectivity index (χ0n) is 8.68. The van der Waals surface area contributed by atoms with E-state index in [0.717, 1.165) is 12.1 Å². The molecule has 0 fully saturated rings. The first-order valence-electron chi connectivity index (χ1n) is 4.81. The molecule has 0 spiro atoms. The van der Waals surface area contributed by atoms with Crippen molar-refractivity contribution in [2.75, 3.05) is 6.61 Å². The van der Waals surface area contributed by atoms with Crippen molar-refractivity contribution in [2.24, 2.45) is 5.92 Å². The van der Waals surface area contributed by atoms with E-state index in [1.54, 1.807) is 6.92 Å². The second-order valence-corrected chi connectivity index (χ2v) is 3.80. The predicted molar refractivity (Wildman–Crippen MR) is 51.4 cm³/mol. The molecule has 0 aromatic heterocycles. The summed E-state index contributed by atoms with van der Waals surface area (Å²) in [5.74, 6) is -1.42. The van der Waals surface area contributed by atoms with Gasteiger partial charge in [-0.3, -0.25) is 0 Å². The van der Waals surface area contributed by atoms with Crippen LogP contribution < -0.4 is 0 Å². The molecule has 0 aliphatic rings. The minimum Gasteiger partial charge on any atom is -0.396 e. The molecule has 1 unspecified atom stereocenters. The lowest BCUT2D eigenvalue weighted by Gasteiger charge is -2.12. The molecule has 0 bridgehead atoms. The van der Waals surface area contributed by atoms with Crippen LogP contribution in [-0.2, 0) is 12.6 Å². The zero-order chi connectivity index (χ0) is 12.3. The second-order valence-electron chi connectivity index (χ2n) is 3.80. The van der Waals surface area contributed by atoms with E-state index >= 15 is 0 Å². The van der Waals surface area contributed by atoms with E-state index in [4.69, 9.17) is 5.11 Å². The number of alkyl halides is 3. The highest BCUT2D eigenvalue weighted by atomic mass is 19.4. The number of aliphatic hydroxyl groups excluding tert-OH is 1. The van der Waals surface area contributed by atoms with Gasteiger partial charge >= 0.3 is 6.18 Å². The van der Waals surface area contributed by atoms with Gasteiger partial charge in [-0.15, -0.1) is 0 Å². The molecular weight excluding hydrogens is 224 g/mol. The number of hydrogen-bond donors (Lipinski definition) is 1. The fourth-order valence-electron chi connectivity index (χ4n) is 1.38. The van der Waals surface area contributed by atoms with Gasteiger partial charge in [-0.05, 0) is 30.0 Å². The summed E-state index contributed by atoms with van der Waals surface area (Å²) in [6.45, 7) is 1.59. The highest BCUT2D eigenvalue weighted by molar-refractivity contribution is 5.27. The Labute approximate surface area is 90.7 Å². The normalized spacial score (nSPS) is 13.9. The fraction of sp³-hybridized carbons (Fsp3) is 0.455. The molecule has 0 aliphatic heterocycles. The maximum absolute atomic E-state index is 12.9. The first kappa shape index (κ1) is 13.0. The third-order valence-corrected chi connectivity index (χ3v) is 2.23. The fourth-order valence-corrected chi connectivity index (χ4v) is 1.38. The molecule has 1 aromatic rings. The number of benzene rings is 1. The summed E-state index contributed by atoms with van der Waals surface area (Å²) in [5, 5.41) is 8.78. The average Bonchev–Trinajstić information content (AvgIpc) is 2.19. The van der Waals surface area contributed by atoms with Crippen LogP contribution in [-0.4, -0.2) is 11.7 Å². The highest BCUT2D eigenvalue weighted by Crippen LogP contribution is 2.32. The van der Waals surface area contributed by atoms with Crippen molar-refractivity contribution < 1.29 is 22.7 Å². The molecule has 1 N–H and O–H groups in total. The van der Waals surface area contributed by atoms with Gasteiger partial charge in [0.1, 0.15) is 5.82 Å². The van der Waals surface area contributed by atoms with Crippen LogP contribution in [0.1, 0.15) is 18.1 Å². The summed E-state index contributed by atoms with van der Waals surface area (Å²) in [6, 6.07) is 2.90. The van der Waals surface area contributed by atoms with E-state index < -0.39 is 17.6 Å². The molecule has 0 heterocycles. The summed E-state index contributed by atoms with van der Waals surface area (Å²) >= 11 is 0. The summed E-state index contributed by atoms with van der Waals surface area (Å²) < 4.78 is 50.0. The molecule has 1 nitrogen and oxygen atoms in total. The van der Waals surface area contributed by atoms with Crippen molar-refractivity contribution in [2.45, 2.75) is 19.5 Å². The van der Waals surface area contributed by atoms with Gasteiger partial charge in [0, 0.05) is 6.61 Å². The lowest BCUT2D eigenvalue weighted by molar-refractivity contribution is -0.140. The van der Waals surface area contributed by atoms with Gasteiger partial charge in [-0.1, -0.05) is 13.0 Å². The Balaban J connectivity index is 2.99. The largest absolute Gasteiger partial charge is 0.419 e. The molecule has 5 heteroatoms. The van der Waals surface area contributed by atoms with Crippen LogP contribution >= 0.6 is 0 Å². The minimum atomic E-state index is -4.68. The summed E-state index contributed by atoms with van der Waals surface area (Å²) in [7, 11) is 0. The van der Waals surface area contributed by atoms with Crippen LogP contribution in [0.2, 0.25) is 0 Å². The van der Waals surface area contributed by atoms with Crippen LogP contribution in [0.25, 0.3) is 0 Å². The van der Waals surface area contributed by atoms with Gasteiger partial charge < -0.3 is 5.11 Å². The Kier molecular flexibility index (Phi) is 3.91. The van der Waals surface area contributed by atoms with Gasteiger partial charge in [0.05, 0.1) is 5.56 Å². The van der Waals surface area contributed by atoms with Crippen molar-refractivity contribution in [3.05, 3.63) is 35.1 Å². The minimum absolute atomic E-state index is 0.112. The van der Waals surface area contributed by atoms with E-state index in [0.29, 0.717) is 12.0 Å². The Morgan fingerprint density at radius 1 is 1.31 bits per heavy atom. The number of aliphatic hydroxyl groups is 1. The number of rotatable bonds is 3. The van der Waals surface area contributed by atoms with Gasteiger partial charge in [0.2, 0.25) is 0 Å².